The standard InChI is InChI=1S/C20H23N3O3/c1-15-5-11-26-17(15)18(24)23-10-7-20(14-23)6-3-9-22(19(20)25)13-16-4-2-8-21-12-16/h2,4-5,8,11-12H,3,6-7,9-10,13-14H2,1H3/t20-/m0/s1. The van der Waals surface area contributed by atoms with Crippen LogP contribution in [0, 0.1) is 12.3 Å². The summed E-state index contributed by atoms with van der Waals surface area (Å²) in [6, 6.07) is 5.67. The molecule has 4 heterocycles. The zero-order chi connectivity index (χ0) is 18.1. The molecule has 6 nitrogen and oxygen atoms in total. The van der Waals surface area contributed by atoms with Crippen molar-refractivity contribution in [2.24, 2.45) is 5.41 Å². The van der Waals surface area contributed by atoms with E-state index in [1.54, 1.807) is 23.4 Å². The van der Waals surface area contributed by atoms with Gasteiger partial charge in [0.1, 0.15) is 0 Å². The Morgan fingerprint density at radius 3 is 2.92 bits per heavy atom. The Hall–Kier alpha value is -2.63. The van der Waals surface area contributed by atoms with Crippen LogP contribution in [0.2, 0.25) is 0 Å². The van der Waals surface area contributed by atoms with E-state index in [0.717, 1.165) is 36.9 Å². The zero-order valence-electron chi connectivity index (χ0n) is 15.0. The molecular weight excluding hydrogens is 330 g/mol. The van der Waals surface area contributed by atoms with Gasteiger partial charge < -0.3 is 14.2 Å². The molecule has 6 heteroatoms. The second-order valence-corrected chi connectivity index (χ2v) is 7.38. The van der Waals surface area contributed by atoms with Crippen molar-refractivity contribution in [1.29, 1.82) is 0 Å². The quantitative estimate of drug-likeness (QED) is 0.851. The number of pyridine rings is 1. The fourth-order valence-electron chi connectivity index (χ4n) is 4.17. The summed E-state index contributed by atoms with van der Waals surface area (Å²) in [6.07, 6.45) is 7.61. The van der Waals surface area contributed by atoms with Crippen LogP contribution < -0.4 is 0 Å². The fourth-order valence-corrected chi connectivity index (χ4v) is 4.17. The summed E-state index contributed by atoms with van der Waals surface area (Å²) in [6.45, 7) is 4.30. The monoisotopic (exact) mass is 353 g/mol. The van der Waals surface area contributed by atoms with Crippen molar-refractivity contribution in [2.75, 3.05) is 19.6 Å². The summed E-state index contributed by atoms with van der Waals surface area (Å²) in [5, 5.41) is 0. The normalized spacial score (nSPS) is 23.0. The van der Waals surface area contributed by atoms with Crippen LogP contribution in [-0.4, -0.2) is 46.2 Å². The highest BCUT2D eigenvalue weighted by molar-refractivity contribution is 5.94. The Morgan fingerprint density at radius 1 is 1.31 bits per heavy atom. The van der Waals surface area contributed by atoms with Crippen LogP contribution in [0.5, 0.6) is 0 Å². The number of aryl methyl sites for hydroxylation is 1. The van der Waals surface area contributed by atoms with Crippen LogP contribution in [0.3, 0.4) is 0 Å². The molecule has 2 aromatic rings. The van der Waals surface area contributed by atoms with Gasteiger partial charge in [-0.2, -0.15) is 0 Å². The number of rotatable bonds is 3. The van der Waals surface area contributed by atoms with Gasteiger partial charge in [-0.1, -0.05) is 6.07 Å². The maximum atomic E-state index is 13.2. The molecule has 1 atom stereocenters. The molecule has 0 unspecified atom stereocenters. The van der Waals surface area contributed by atoms with E-state index in [1.165, 1.54) is 6.26 Å². The van der Waals surface area contributed by atoms with Crippen LogP contribution in [0.25, 0.3) is 0 Å². The van der Waals surface area contributed by atoms with Gasteiger partial charge in [0.25, 0.3) is 5.91 Å². The predicted octanol–water partition coefficient (Wildman–Crippen LogP) is 2.64. The number of piperidine rings is 1. The molecule has 26 heavy (non-hydrogen) atoms. The summed E-state index contributed by atoms with van der Waals surface area (Å²) in [7, 11) is 0. The Balaban J connectivity index is 1.49. The van der Waals surface area contributed by atoms with E-state index in [9.17, 15) is 9.59 Å². The van der Waals surface area contributed by atoms with E-state index in [2.05, 4.69) is 4.98 Å². The number of aromatic nitrogens is 1. The topological polar surface area (TPSA) is 66.7 Å². The molecule has 2 aromatic heterocycles. The lowest BCUT2D eigenvalue weighted by atomic mass is 9.78. The molecule has 0 saturated carbocycles. The molecule has 4 rings (SSSR count). The lowest BCUT2D eigenvalue weighted by molar-refractivity contribution is -0.146. The third-order valence-electron chi connectivity index (χ3n) is 5.62. The van der Waals surface area contributed by atoms with Crippen molar-refractivity contribution in [3.8, 4) is 0 Å². The Morgan fingerprint density at radius 2 is 2.19 bits per heavy atom. The van der Waals surface area contributed by atoms with Crippen LogP contribution >= 0.6 is 0 Å². The fraction of sp³-hybridized carbons (Fsp3) is 0.450. The number of hydrogen-bond acceptors (Lipinski definition) is 4. The summed E-state index contributed by atoms with van der Waals surface area (Å²) < 4.78 is 5.35. The highest BCUT2D eigenvalue weighted by Gasteiger charge is 2.49. The molecule has 2 fully saturated rings. The summed E-state index contributed by atoms with van der Waals surface area (Å²) in [5.41, 5.74) is 1.43. The lowest BCUT2D eigenvalue weighted by Crippen LogP contribution is -2.50. The molecule has 2 amide bonds. The largest absolute Gasteiger partial charge is 0.459 e. The molecule has 136 valence electrons. The first-order valence-electron chi connectivity index (χ1n) is 9.11. The van der Waals surface area contributed by atoms with Gasteiger partial charge in [0.2, 0.25) is 5.91 Å². The van der Waals surface area contributed by atoms with E-state index in [-0.39, 0.29) is 11.8 Å². The average Bonchev–Trinajstić information content (AvgIpc) is 3.27. The molecule has 2 saturated heterocycles. The lowest BCUT2D eigenvalue weighted by Gasteiger charge is -2.39. The van der Waals surface area contributed by atoms with Crippen LogP contribution in [0.15, 0.2) is 41.3 Å². The summed E-state index contributed by atoms with van der Waals surface area (Å²) >= 11 is 0. The van der Waals surface area contributed by atoms with Crippen LogP contribution in [0.4, 0.5) is 0 Å². The van der Waals surface area contributed by atoms with Gasteiger partial charge in [-0.3, -0.25) is 14.6 Å². The summed E-state index contributed by atoms with van der Waals surface area (Å²) in [5.74, 6) is 0.443. The van der Waals surface area contributed by atoms with Gasteiger partial charge >= 0.3 is 0 Å². The molecule has 0 bridgehead atoms. The number of carbonyl (C=O) groups excluding carboxylic acids is 2. The number of furan rings is 1. The van der Waals surface area contributed by atoms with E-state index < -0.39 is 5.41 Å². The van der Waals surface area contributed by atoms with Crippen molar-refractivity contribution >= 4 is 11.8 Å². The molecule has 2 aliphatic heterocycles. The maximum Gasteiger partial charge on any atom is 0.289 e. The van der Waals surface area contributed by atoms with Gasteiger partial charge in [-0.05, 0) is 43.9 Å². The molecular formula is C20H23N3O3. The minimum Gasteiger partial charge on any atom is -0.459 e. The first-order chi connectivity index (χ1) is 12.6. The highest BCUT2D eigenvalue weighted by Crippen LogP contribution is 2.41. The Labute approximate surface area is 152 Å². The van der Waals surface area contributed by atoms with Crippen molar-refractivity contribution in [2.45, 2.75) is 32.7 Å². The van der Waals surface area contributed by atoms with Gasteiger partial charge in [0.15, 0.2) is 5.76 Å². The molecule has 0 aliphatic carbocycles. The SMILES string of the molecule is Cc1ccoc1C(=O)N1CC[C@@]2(CCCN(Cc3cccnc3)C2=O)C1. The third kappa shape index (κ3) is 2.89. The molecule has 1 spiro atoms. The zero-order valence-corrected chi connectivity index (χ0v) is 15.0. The molecule has 2 aliphatic rings. The van der Waals surface area contributed by atoms with Crippen molar-refractivity contribution < 1.29 is 14.0 Å². The van der Waals surface area contributed by atoms with E-state index >= 15 is 0 Å². The Kier molecular flexibility index (Phi) is 4.26. The minimum absolute atomic E-state index is 0.110. The number of amides is 2. The van der Waals surface area contributed by atoms with Gasteiger partial charge in [0.05, 0.1) is 11.7 Å². The second-order valence-electron chi connectivity index (χ2n) is 7.38. The van der Waals surface area contributed by atoms with Crippen molar-refractivity contribution in [3.63, 3.8) is 0 Å². The van der Waals surface area contributed by atoms with Crippen molar-refractivity contribution in [1.82, 2.24) is 14.8 Å². The second kappa shape index (κ2) is 6.59. The molecule has 0 aromatic carbocycles. The number of hydrogen-bond donors (Lipinski definition) is 0. The van der Waals surface area contributed by atoms with E-state index in [0.29, 0.717) is 25.4 Å². The third-order valence-corrected chi connectivity index (χ3v) is 5.62. The highest BCUT2D eigenvalue weighted by atomic mass is 16.3. The van der Waals surface area contributed by atoms with Gasteiger partial charge in [0, 0.05) is 44.1 Å². The van der Waals surface area contributed by atoms with Gasteiger partial charge in [-0.15, -0.1) is 0 Å². The van der Waals surface area contributed by atoms with E-state index in [1.807, 2.05) is 24.0 Å². The predicted molar refractivity (Wildman–Crippen MR) is 95.3 cm³/mol. The number of nitrogens with zero attached hydrogens (tertiary/aromatic N) is 3. The first kappa shape index (κ1) is 16.8. The number of likely N-dealkylation sites (tertiary alicyclic amines) is 2. The van der Waals surface area contributed by atoms with Crippen LogP contribution in [0.1, 0.15) is 40.9 Å². The average molecular weight is 353 g/mol. The smallest absolute Gasteiger partial charge is 0.289 e. The molecule has 0 N–H and O–H groups in total. The van der Waals surface area contributed by atoms with Crippen molar-refractivity contribution in [3.05, 3.63) is 53.7 Å². The molecule has 0 radical (unpaired) electrons. The summed E-state index contributed by atoms with van der Waals surface area (Å²) in [4.78, 5) is 33.8. The minimum atomic E-state index is -0.448. The van der Waals surface area contributed by atoms with Gasteiger partial charge in [-0.25, -0.2) is 0 Å². The van der Waals surface area contributed by atoms with Crippen LogP contribution in [-0.2, 0) is 11.3 Å². The Bertz CT molecular complexity index is 817. The maximum absolute atomic E-state index is 13.2. The van der Waals surface area contributed by atoms with E-state index in [4.69, 9.17) is 4.42 Å². The first-order valence-corrected chi connectivity index (χ1v) is 9.11. The number of carbonyl (C=O) groups is 2.